The van der Waals surface area contributed by atoms with Gasteiger partial charge in [-0.2, -0.15) is 0 Å². The quantitative estimate of drug-likeness (QED) is 0.490. The number of hydrogen-bond acceptors (Lipinski definition) is 1. The highest BCUT2D eigenvalue weighted by molar-refractivity contribution is 5.81. The molecule has 0 spiro atoms. The SMILES string of the molecule is CC/C(=C/C=O)c1ccccc1. The molecule has 62 valence electrons. The third-order valence-corrected chi connectivity index (χ3v) is 1.79. The lowest BCUT2D eigenvalue weighted by Gasteiger charge is -2.01. The maximum absolute atomic E-state index is 10.3. The van der Waals surface area contributed by atoms with Crippen LogP contribution in [0, 0.1) is 0 Å². The Labute approximate surface area is 72.7 Å². The van der Waals surface area contributed by atoms with E-state index in [4.69, 9.17) is 0 Å². The molecule has 0 N–H and O–H groups in total. The lowest BCUT2D eigenvalue weighted by Crippen LogP contribution is -1.82. The summed E-state index contributed by atoms with van der Waals surface area (Å²) in [6.07, 6.45) is 3.35. The molecule has 1 heteroatoms. The molecule has 1 aromatic carbocycles. The Morgan fingerprint density at radius 1 is 1.33 bits per heavy atom. The van der Waals surface area contributed by atoms with E-state index in [9.17, 15) is 4.79 Å². The molecule has 0 heterocycles. The lowest BCUT2D eigenvalue weighted by atomic mass is 10.0. The summed E-state index contributed by atoms with van der Waals surface area (Å²) in [6.45, 7) is 2.04. The third kappa shape index (κ3) is 2.06. The third-order valence-electron chi connectivity index (χ3n) is 1.79. The predicted molar refractivity (Wildman–Crippen MR) is 50.8 cm³/mol. The van der Waals surface area contributed by atoms with E-state index in [1.165, 1.54) is 0 Å². The number of carbonyl (C=O) groups excluding carboxylic acids is 1. The Bertz CT molecular complexity index is 272. The van der Waals surface area contributed by atoms with Gasteiger partial charge in [-0.05, 0) is 23.6 Å². The van der Waals surface area contributed by atoms with Crippen LogP contribution in [0.2, 0.25) is 0 Å². The fourth-order valence-corrected chi connectivity index (χ4v) is 1.15. The van der Waals surface area contributed by atoms with Crippen molar-refractivity contribution in [2.45, 2.75) is 13.3 Å². The summed E-state index contributed by atoms with van der Waals surface area (Å²) in [5.74, 6) is 0. The summed E-state index contributed by atoms with van der Waals surface area (Å²) >= 11 is 0. The molecule has 0 bridgehead atoms. The van der Waals surface area contributed by atoms with E-state index in [1.54, 1.807) is 6.08 Å². The van der Waals surface area contributed by atoms with Gasteiger partial charge in [-0.25, -0.2) is 0 Å². The summed E-state index contributed by atoms with van der Waals surface area (Å²) in [6, 6.07) is 9.95. The first kappa shape index (κ1) is 8.72. The predicted octanol–water partition coefficient (Wildman–Crippen LogP) is 2.68. The topological polar surface area (TPSA) is 17.1 Å². The number of allylic oxidation sites excluding steroid dienone is 2. The molecule has 0 unspecified atom stereocenters. The van der Waals surface area contributed by atoms with Crippen molar-refractivity contribution in [3.63, 3.8) is 0 Å². The van der Waals surface area contributed by atoms with E-state index >= 15 is 0 Å². The van der Waals surface area contributed by atoms with Gasteiger partial charge in [-0.3, -0.25) is 4.79 Å². The van der Waals surface area contributed by atoms with Crippen LogP contribution in [0.3, 0.4) is 0 Å². The van der Waals surface area contributed by atoms with E-state index in [0.29, 0.717) is 0 Å². The first-order chi connectivity index (χ1) is 5.88. The van der Waals surface area contributed by atoms with Crippen LogP contribution in [0.1, 0.15) is 18.9 Å². The number of benzene rings is 1. The van der Waals surface area contributed by atoms with E-state index < -0.39 is 0 Å². The fourth-order valence-electron chi connectivity index (χ4n) is 1.15. The van der Waals surface area contributed by atoms with Crippen LogP contribution >= 0.6 is 0 Å². The van der Waals surface area contributed by atoms with Crippen molar-refractivity contribution in [3.8, 4) is 0 Å². The van der Waals surface area contributed by atoms with E-state index in [1.807, 2.05) is 37.3 Å². The second-order valence-corrected chi connectivity index (χ2v) is 2.55. The molecule has 0 aliphatic carbocycles. The zero-order valence-corrected chi connectivity index (χ0v) is 7.16. The molecule has 0 atom stereocenters. The zero-order valence-electron chi connectivity index (χ0n) is 7.16. The van der Waals surface area contributed by atoms with Gasteiger partial charge in [0.1, 0.15) is 6.29 Å². The van der Waals surface area contributed by atoms with E-state index in [2.05, 4.69) is 0 Å². The molecule has 0 saturated heterocycles. The Morgan fingerprint density at radius 2 is 2.00 bits per heavy atom. The minimum absolute atomic E-state index is 0.839. The number of hydrogen-bond donors (Lipinski definition) is 0. The Balaban J connectivity index is 2.95. The molecular formula is C11H12O. The van der Waals surface area contributed by atoms with E-state index in [-0.39, 0.29) is 0 Å². The second kappa shape index (κ2) is 4.50. The average Bonchev–Trinajstić information content (AvgIpc) is 2.15. The van der Waals surface area contributed by atoms with Crippen molar-refractivity contribution in [1.82, 2.24) is 0 Å². The molecule has 0 fully saturated rings. The molecule has 1 aromatic rings. The number of carbonyl (C=O) groups is 1. The molecule has 12 heavy (non-hydrogen) atoms. The molecule has 0 aliphatic rings. The van der Waals surface area contributed by atoms with Gasteiger partial charge in [0.2, 0.25) is 0 Å². The molecule has 0 amide bonds. The van der Waals surface area contributed by atoms with E-state index in [0.717, 1.165) is 23.8 Å². The van der Waals surface area contributed by atoms with Crippen molar-refractivity contribution < 1.29 is 4.79 Å². The van der Waals surface area contributed by atoms with Gasteiger partial charge < -0.3 is 0 Å². The first-order valence-corrected chi connectivity index (χ1v) is 4.08. The monoisotopic (exact) mass is 160 g/mol. The van der Waals surface area contributed by atoms with Crippen LogP contribution in [0.25, 0.3) is 5.57 Å². The van der Waals surface area contributed by atoms with Gasteiger partial charge in [0.15, 0.2) is 0 Å². The van der Waals surface area contributed by atoms with Gasteiger partial charge in [-0.1, -0.05) is 37.3 Å². The Morgan fingerprint density at radius 3 is 2.50 bits per heavy atom. The van der Waals surface area contributed by atoms with Crippen molar-refractivity contribution in [2.24, 2.45) is 0 Å². The summed E-state index contributed by atoms with van der Waals surface area (Å²) in [7, 11) is 0. The summed E-state index contributed by atoms with van der Waals surface area (Å²) in [4.78, 5) is 10.3. The highest BCUT2D eigenvalue weighted by atomic mass is 16.1. The lowest BCUT2D eigenvalue weighted by molar-refractivity contribution is -0.104. The fraction of sp³-hybridized carbons (Fsp3) is 0.182. The minimum atomic E-state index is 0.839. The summed E-state index contributed by atoms with van der Waals surface area (Å²) in [5.41, 5.74) is 2.22. The van der Waals surface area contributed by atoms with Crippen LogP contribution in [0.15, 0.2) is 36.4 Å². The van der Waals surface area contributed by atoms with Crippen LogP contribution in [0.4, 0.5) is 0 Å². The van der Waals surface area contributed by atoms with Gasteiger partial charge in [0.05, 0.1) is 0 Å². The largest absolute Gasteiger partial charge is 0.299 e. The Hall–Kier alpha value is -1.37. The Kier molecular flexibility index (Phi) is 3.27. The molecular weight excluding hydrogens is 148 g/mol. The molecule has 1 rings (SSSR count). The van der Waals surface area contributed by atoms with Gasteiger partial charge >= 0.3 is 0 Å². The van der Waals surface area contributed by atoms with Crippen molar-refractivity contribution >= 4 is 11.9 Å². The van der Waals surface area contributed by atoms with Crippen molar-refractivity contribution in [1.29, 1.82) is 0 Å². The van der Waals surface area contributed by atoms with Crippen LogP contribution < -0.4 is 0 Å². The number of aldehydes is 1. The average molecular weight is 160 g/mol. The second-order valence-electron chi connectivity index (χ2n) is 2.55. The minimum Gasteiger partial charge on any atom is -0.299 e. The van der Waals surface area contributed by atoms with Gasteiger partial charge in [0.25, 0.3) is 0 Å². The van der Waals surface area contributed by atoms with Crippen LogP contribution in [-0.4, -0.2) is 6.29 Å². The van der Waals surface area contributed by atoms with Gasteiger partial charge in [0, 0.05) is 0 Å². The zero-order chi connectivity index (χ0) is 8.81. The highest BCUT2D eigenvalue weighted by Crippen LogP contribution is 2.15. The molecule has 0 saturated carbocycles. The summed E-state index contributed by atoms with van der Waals surface area (Å²) < 4.78 is 0. The number of rotatable bonds is 3. The normalized spacial score (nSPS) is 11.2. The first-order valence-electron chi connectivity index (χ1n) is 4.08. The molecule has 0 aromatic heterocycles. The van der Waals surface area contributed by atoms with Crippen molar-refractivity contribution in [3.05, 3.63) is 42.0 Å². The highest BCUT2D eigenvalue weighted by Gasteiger charge is 1.95. The van der Waals surface area contributed by atoms with Crippen LogP contribution in [-0.2, 0) is 4.79 Å². The maximum Gasteiger partial charge on any atom is 0.143 e. The molecule has 1 nitrogen and oxygen atoms in total. The van der Waals surface area contributed by atoms with Crippen LogP contribution in [0.5, 0.6) is 0 Å². The standard InChI is InChI=1S/C11H12O/c1-2-10(8-9-12)11-6-4-3-5-7-11/h3-9H,2H2,1H3/b10-8-. The summed E-state index contributed by atoms with van der Waals surface area (Å²) in [5, 5.41) is 0. The maximum atomic E-state index is 10.3. The van der Waals surface area contributed by atoms with Gasteiger partial charge in [-0.15, -0.1) is 0 Å². The van der Waals surface area contributed by atoms with Crippen molar-refractivity contribution in [2.75, 3.05) is 0 Å². The molecule has 0 aliphatic heterocycles. The molecule has 0 radical (unpaired) electrons. The smallest absolute Gasteiger partial charge is 0.143 e.